The molecule has 3 N–H and O–H groups in total. The first-order valence-corrected chi connectivity index (χ1v) is 7.14. The summed E-state index contributed by atoms with van der Waals surface area (Å²) >= 11 is 1.94. The molecule has 0 amide bonds. The largest absolute Gasteiger partial charge is 0.271 e. The van der Waals surface area contributed by atoms with Gasteiger partial charge in [0.15, 0.2) is 0 Å². The lowest BCUT2D eigenvalue weighted by Gasteiger charge is -2.23. The second kappa shape index (κ2) is 6.24. The van der Waals surface area contributed by atoms with E-state index in [0.717, 1.165) is 25.0 Å². The van der Waals surface area contributed by atoms with Crippen molar-refractivity contribution in [2.24, 2.45) is 5.84 Å². The maximum Gasteiger partial charge on any atom is 0.0287 e. The number of nitrogens with one attached hydrogen (secondary N) is 1. The Hall–Kier alpha value is -0.770. The second-order valence-corrected chi connectivity index (χ2v) is 5.51. The lowest BCUT2D eigenvalue weighted by Crippen LogP contribution is -2.39. The molecule has 17 heavy (non-hydrogen) atoms. The van der Waals surface area contributed by atoms with Crippen LogP contribution >= 0.6 is 11.8 Å². The number of unbranched alkanes of at least 4 members (excludes halogenated alkanes) is 1. The third-order valence-electron chi connectivity index (χ3n) is 3.36. The normalized spacial score (nSPS) is 19.9. The number of nitrogens with two attached hydrogens (primary N) is 1. The number of fused-ring (bicyclic) bond motifs is 1. The molecule has 1 aliphatic rings. The van der Waals surface area contributed by atoms with Crippen LogP contribution in [-0.4, -0.2) is 11.8 Å². The summed E-state index contributed by atoms with van der Waals surface area (Å²) in [6.07, 6.45) is 5.31. The van der Waals surface area contributed by atoms with Crippen molar-refractivity contribution in [2.75, 3.05) is 5.75 Å². The molecule has 2 rings (SSSR count). The molecule has 0 saturated heterocycles. The Balaban J connectivity index is 2.03. The van der Waals surface area contributed by atoms with Gasteiger partial charge in [0, 0.05) is 22.6 Å². The van der Waals surface area contributed by atoms with Crippen molar-refractivity contribution in [1.82, 2.24) is 5.43 Å². The molecule has 1 aromatic carbocycles. The zero-order chi connectivity index (χ0) is 12.1. The Morgan fingerprint density at radius 1 is 1.53 bits per heavy atom. The Kier molecular flexibility index (Phi) is 4.66. The maximum atomic E-state index is 5.71. The van der Waals surface area contributed by atoms with E-state index in [-0.39, 0.29) is 0 Å². The van der Waals surface area contributed by atoms with E-state index in [1.54, 1.807) is 0 Å². The summed E-state index contributed by atoms with van der Waals surface area (Å²) in [5.74, 6) is 7.40. The number of hydrogen-bond acceptors (Lipinski definition) is 3. The van der Waals surface area contributed by atoms with Crippen molar-refractivity contribution < 1.29 is 0 Å². The minimum absolute atomic E-state index is 0.381. The van der Waals surface area contributed by atoms with Crippen molar-refractivity contribution >= 4 is 11.8 Å². The van der Waals surface area contributed by atoms with Crippen LogP contribution in [0.15, 0.2) is 41.8 Å². The highest BCUT2D eigenvalue weighted by molar-refractivity contribution is 7.99. The van der Waals surface area contributed by atoms with E-state index in [4.69, 9.17) is 5.84 Å². The minimum Gasteiger partial charge on any atom is -0.271 e. The predicted molar refractivity (Wildman–Crippen MR) is 75.1 cm³/mol. The third kappa shape index (κ3) is 2.92. The molecule has 0 fully saturated rings. The first kappa shape index (κ1) is 12.7. The standard InChI is InChI=1S/C14H20N2S/c1-2-3-4-8-13(16-15)12-10-17-14-9-6-5-7-11(12)14/h2,5-7,9,12-13,16H,1,3-4,8,10,15H2. The fourth-order valence-corrected chi connectivity index (χ4v) is 3.74. The lowest BCUT2D eigenvalue weighted by molar-refractivity contribution is 0.428. The average Bonchev–Trinajstić information content (AvgIpc) is 2.79. The van der Waals surface area contributed by atoms with Crippen LogP contribution in [0.5, 0.6) is 0 Å². The molecular formula is C14H20N2S. The van der Waals surface area contributed by atoms with Crippen LogP contribution in [0.3, 0.4) is 0 Å². The Labute approximate surface area is 108 Å². The summed E-state index contributed by atoms with van der Waals surface area (Å²) < 4.78 is 0. The lowest BCUT2D eigenvalue weighted by atomic mass is 9.90. The van der Waals surface area contributed by atoms with Crippen LogP contribution in [-0.2, 0) is 0 Å². The van der Waals surface area contributed by atoms with Gasteiger partial charge in [-0.25, -0.2) is 0 Å². The fourth-order valence-electron chi connectivity index (χ4n) is 2.40. The average molecular weight is 248 g/mol. The van der Waals surface area contributed by atoms with Crippen molar-refractivity contribution in [3.05, 3.63) is 42.5 Å². The van der Waals surface area contributed by atoms with Gasteiger partial charge in [0.25, 0.3) is 0 Å². The van der Waals surface area contributed by atoms with Crippen molar-refractivity contribution in [1.29, 1.82) is 0 Å². The SMILES string of the molecule is C=CCCCC(NN)C1CSc2ccccc21. The molecule has 3 heteroatoms. The van der Waals surface area contributed by atoms with Gasteiger partial charge in [0.05, 0.1) is 0 Å². The van der Waals surface area contributed by atoms with E-state index in [9.17, 15) is 0 Å². The molecule has 2 atom stereocenters. The second-order valence-electron chi connectivity index (χ2n) is 4.45. The molecule has 1 aromatic rings. The number of hydrazine groups is 1. The van der Waals surface area contributed by atoms with Gasteiger partial charge in [-0.3, -0.25) is 11.3 Å². The number of rotatable bonds is 6. The summed E-state index contributed by atoms with van der Waals surface area (Å²) in [7, 11) is 0. The van der Waals surface area contributed by atoms with E-state index in [2.05, 4.69) is 36.3 Å². The van der Waals surface area contributed by atoms with Gasteiger partial charge >= 0.3 is 0 Å². The fraction of sp³-hybridized carbons (Fsp3) is 0.429. The van der Waals surface area contributed by atoms with Crippen molar-refractivity contribution in [3.8, 4) is 0 Å². The van der Waals surface area contributed by atoms with Gasteiger partial charge in [0.1, 0.15) is 0 Å². The summed E-state index contributed by atoms with van der Waals surface area (Å²) in [5, 5.41) is 0. The molecule has 0 aromatic heterocycles. The number of thioether (sulfide) groups is 1. The Bertz CT molecular complexity index is 378. The van der Waals surface area contributed by atoms with Crippen LogP contribution in [0.1, 0.15) is 30.7 Å². The van der Waals surface area contributed by atoms with Gasteiger partial charge in [-0.05, 0) is 30.9 Å². The first-order valence-electron chi connectivity index (χ1n) is 6.15. The van der Waals surface area contributed by atoms with Crippen LogP contribution in [0.2, 0.25) is 0 Å². The van der Waals surface area contributed by atoms with E-state index in [1.807, 2.05) is 17.8 Å². The van der Waals surface area contributed by atoms with Crippen molar-refractivity contribution in [2.45, 2.75) is 36.1 Å². The number of hydrogen-bond donors (Lipinski definition) is 2. The molecular weight excluding hydrogens is 228 g/mol. The van der Waals surface area contributed by atoms with Crippen LogP contribution in [0, 0.1) is 0 Å². The molecule has 0 spiro atoms. The topological polar surface area (TPSA) is 38.0 Å². The Morgan fingerprint density at radius 3 is 3.12 bits per heavy atom. The van der Waals surface area contributed by atoms with E-state index in [0.29, 0.717) is 12.0 Å². The van der Waals surface area contributed by atoms with Gasteiger partial charge in [-0.1, -0.05) is 24.3 Å². The predicted octanol–water partition coefficient (Wildman–Crippen LogP) is 3.06. The summed E-state index contributed by atoms with van der Waals surface area (Å²) in [6.45, 7) is 3.76. The van der Waals surface area contributed by atoms with E-state index in [1.165, 1.54) is 10.5 Å². The molecule has 2 unspecified atom stereocenters. The maximum absolute atomic E-state index is 5.71. The van der Waals surface area contributed by atoms with Crippen LogP contribution in [0.25, 0.3) is 0 Å². The highest BCUT2D eigenvalue weighted by atomic mass is 32.2. The number of allylic oxidation sites excluding steroid dienone is 1. The van der Waals surface area contributed by atoms with Gasteiger partial charge < -0.3 is 0 Å². The molecule has 1 heterocycles. The van der Waals surface area contributed by atoms with Crippen LogP contribution < -0.4 is 11.3 Å². The quantitative estimate of drug-likeness (QED) is 0.352. The van der Waals surface area contributed by atoms with Gasteiger partial charge in [-0.15, -0.1) is 18.3 Å². The molecule has 0 bridgehead atoms. The zero-order valence-corrected chi connectivity index (χ0v) is 10.9. The third-order valence-corrected chi connectivity index (χ3v) is 4.57. The molecule has 2 nitrogen and oxygen atoms in total. The minimum atomic E-state index is 0.381. The molecule has 92 valence electrons. The first-order chi connectivity index (χ1) is 8.36. The van der Waals surface area contributed by atoms with E-state index < -0.39 is 0 Å². The van der Waals surface area contributed by atoms with Crippen LogP contribution in [0.4, 0.5) is 0 Å². The highest BCUT2D eigenvalue weighted by Crippen LogP contribution is 2.41. The monoisotopic (exact) mass is 248 g/mol. The van der Waals surface area contributed by atoms with Gasteiger partial charge in [-0.2, -0.15) is 0 Å². The smallest absolute Gasteiger partial charge is 0.0287 e. The Morgan fingerprint density at radius 2 is 2.35 bits per heavy atom. The molecule has 1 aliphatic heterocycles. The number of benzene rings is 1. The van der Waals surface area contributed by atoms with Crippen molar-refractivity contribution in [3.63, 3.8) is 0 Å². The summed E-state index contributed by atoms with van der Waals surface area (Å²) in [4.78, 5) is 1.42. The molecule has 0 aliphatic carbocycles. The summed E-state index contributed by atoms with van der Waals surface area (Å²) in [6, 6.07) is 9.05. The zero-order valence-electron chi connectivity index (χ0n) is 10.1. The molecule has 0 saturated carbocycles. The molecule has 0 radical (unpaired) electrons. The van der Waals surface area contributed by atoms with Gasteiger partial charge in [0.2, 0.25) is 0 Å². The highest BCUT2D eigenvalue weighted by Gasteiger charge is 2.28. The van der Waals surface area contributed by atoms with E-state index >= 15 is 0 Å². The summed E-state index contributed by atoms with van der Waals surface area (Å²) in [5.41, 5.74) is 4.45.